The Morgan fingerprint density at radius 3 is 3.14 bits per heavy atom. The van der Waals surface area contributed by atoms with Crippen LogP contribution in [-0.4, -0.2) is 23.3 Å². The third-order valence-electron chi connectivity index (χ3n) is 2.47. The fourth-order valence-corrected chi connectivity index (χ4v) is 2.06. The van der Waals surface area contributed by atoms with E-state index in [2.05, 4.69) is 31.4 Å². The number of nitrogens with one attached hydrogen (secondary N) is 2. The van der Waals surface area contributed by atoms with Crippen LogP contribution in [0.5, 0.6) is 0 Å². The minimum absolute atomic E-state index is 0.168. The van der Waals surface area contributed by atoms with Crippen LogP contribution in [0.25, 0.3) is 0 Å². The molecule has 76 valence electrons. The molecule has 1 aliphatic rings. The van der Waals surface area contributed by atoms with Crippen molar-refractivity contribution in [3.8, 4) is 0 Å². The van der Waals surface area contributed by atoms with Gasteiger partial charge in [0, 0.05) is 0 Å². The van der Waals surface area contributed by atoms with Crippen molar-refractivity contribution in [2.45, 2.75) is 12.8 Å². The fraction of sp³-hybridized carbons (Fsp3) is 0.556. The summed E-state index contributed by atoms with van der Waals surface area (Å²) in [6.07, 6.45) is 2.13. The molecular formula is C9H12BrN3O. The normalized spacial score (nSPS) is 21.4. The first-order chi connectivity index (χ1) is 6.75. The number of H-pyrrole nitrogens is 1. The highest BCUT2D eigenvalue weighted by Gasteiger charge is 2.15. The van der Waals surface area contributed by atoms with Crippen LogP contribution in [0.15, 0.2) is 15.3 Å². The second-order valence-electron chi connectivity index (χ2n) is 3.60. The number of aromatic amines is 1. The Kier molecular flexibility index (Phi) is 2.98. The Bertz CT molecular complexity index is 371. The lowest BCUT2D eigenvalue weighted by molar-refractivity contribution is 0.566. The number of halogens is 1. The standard InChI is InChI=1S/C9H12BrN3O/c10-8-4-7(12-13-9(8)14)3-6-1-2-11-5-6/h4,6,11H,1-3,5H2,(H,13,14). The second-order valence-corrected chi connectivity index (χ2v) is 4.45. The highest BCUT2D eigenvalue weighted by molar-refractivity contribution is 9.10. The Labute approximate surface area is 90.2 Å². The van der Waals surface area contributed by atoms with E-state index in [0.29, 0.717) is 10.4 Å². The van der Waals surface area contributed by atoms with Crippen LogP contribution >= 0.6 is 15.9 Å². The topological polar surface area (TPSA) is 57.8 Å². The van der Waals surface area contributed by atoms with Gasteiger partial charge in [0.25, 0.3) is 5.56 Å². The molecule has 5 heteroatoms. The maximum atomic E-state index is 11.0. The Hall–Kier alpha value is -0.680. The van der Waals surface area contributed by atoms with Gasteiger partial charge < -0.3 is 5.32 Å². The monoisotopic (exact) mass is 257 g/mol. The van der Waals surface area contributed by atoms with Crippen LogP contribution in [0.4, 0.5) is 0 Å². The van der Waals surface area contributed by atoms with Crippen molar-refractivity contribution < 1.29 is 0 Å². The van der Waals surface area contributed by atoms with Crippen molar-refractivity contribution >= 4 is 15.9 Å². The highest BCUT2D eigenvalue weighted by atomic mass is 79.9. The molecule has 0 amide bonds. The highest BCUT2D eigenvalue weighted by Crippen LogP contribution is 2.14. The number of rotatable bonds is 2. The van der Waals surface area contributed by atoms with E-state index >= 15 is 0 Å². The zero-order chi connectivity index (χ0) is 9.97. The van der Waals surface area contributed by atoms with Gasteiger partial charge in [-0.05, 0) is 53.8 Å². The summed E-state index contributed by atoms with van der Waals surface area (Å²) in [4.78, 5) is 11.0. The molecule has 2 N–H and O–H groups in total. The van der Waals surface area contributed by atoms with Crippen LogP contribution in [0.3, 0.4) is 0 Å². The number of nitrogens with zero attached hydrogens (tertiary/aromatic N) is 1. The summed E-state index contributed by atoms with van der Waals surface area (Å²) in [6, 6.07) is 1.80. The third-order valence-corrected chi connectivity index (χ3v) is 3.06. The first-order valence-corrected chi connectivity index (χ1v) is 5.50. The van der Waals surface area contributed by atoms with Crippen LogP contribution in [0.2, 0.25) is 0 Å². The third kappa shape index (κ3) is 2.22. The SMILES string of the molecule is O=c1[nH]nc(CC2CCNC2)cc1Br. The summed E-state index contributed by atoms with van der Waals surface area (Å²) in [7, 11) is 0. The molecule has 2 rings (SSSR count). The van der Waals surface area contributed by atoms with E-state index in [4.69, 9.17) is 0 Å². The van der Waals surface area contributed by atoms with Gasteiger partial charge in [-0.15, -0.1) is 0 Å². The van der Waals surface area contributed by atoms with Crippen molar-refractivity contribution in [2.75, 3.05) is 13.1 Å². The molecule has 1 fully saturated rings. The molecule has 0 spiro atoms. The van der Waals surface area contributed by atoms with Crippen molar-refractivity contribution in [2.24, 2.45) is 5.92 Å². The Balaban J connectivity index is 2.09. The number of aromatic nitrogens is 2. The van der Waals surface area contributed by atoms with Gasteiger partial charge in [-0.2, -0.15) is 5.10 Å². The van der Waals surface area contributed by atoms with Gasteiger partial charge in [-0.1, -0.05) is 0 Å². The molecule has 1 saturated heterocycles. The molecule has 1 aliphatic heterocycles. The summed E-state index contributed by atoms with van der Waals surface area (Å²) >= 11 is 3.20. The average Bonchev–Trinajstić information content (AvgIpc) is 2.64. The first-order valence-electron chi connectivity index (χ1n) is 4.70. The minimum Gasteiger partial charge on any atom is -0.316 e. The molecule has 1 unspecified atom stereocenters. The van der Waals surface area contributed by atoms with Gasteiger partial charge in [-0.3, -0.25) is 4.79 Å². The Morgan fingerprint density at radius 1 is 1.64 bits per heavy atom. The van der Waals surface area contributed by atoms with Gasteiger partial charge in [0.15, 0.2) is 0 Å². The summed E-state index contributed by atoms with van der Waals surface area (Å²) in [5.41, 5.74) is 0.781. The molecular weight excluding hydrogens is 246 g/mol. The van der Waals surface area contributed by atoms with Gasteiger partial charge in [0.05, 0.1) is 10.2 Å². The molecule has 0 bridgehead atoms. The van der Waals surface area contributed by atoms with E-state index in [9.17, 15) is 4.79 Å². The van der Waals surface area contributed by atoms with E-state index in [1.807, 2.05) is 0 Å². The molecule has 2 heterocycles. The second kappa shape index (κ2) is 4.23. The summed E-state index contributed by atoms with van der Waals surface area (Å²) in [5.74, 6) is 0.653. The Morgan fingerprint density at radius 2 is 2.50 bits per heavy atom. The predicted molar refractivity (Wildman–Crippen MR) is 57.2 cm³/mol. The largest absolute Gasteiger partial charge is 0.316 e. The van der Waals surface area contributed by atoms with Crippen LogP contribution < -0.4 is 10.9 Å². The molecule has 0 aliphatic carbocycles. The number of hydrogen-bond acceptors (Lipinski definition) is 3. The summed E-state index contributed by atoms with van der Waals surface area (Å²) in [5, 5.41) is 9.78. The van der Waals surface area contributed by atoms with Gasteiger partial charge >= 0.3 is 0 Å². The van der Waals surface area contributed by atoms with Gasteiger partial charge in [0.1, 0.15) is 0 Å². The van der Waals surface area contributed by atoms with Crippen LogP contribution in [0, 0.1) is 5.92 Å². The van der Waals surface area contributed by atoms with E-state index in [1.54, 1.807) is 6.07 Å². The maximum Gasteiger partial charge on any atom is 0.278 e. The van der Waals surface area contributed by atoms with Crippen molar-refractivity contribution in [3.05, 3.63) is 26.6 Å². The molecule has 1 atom stereocenters. The smallest absolute Gasteiger partial charge is 0.278 e. The lowest BCUT2D eigenvalue weighted by Gasteiger charge is -2.06. The predicted octanol–water partition coefficient (Wildman–Crippen LogP) is 0.684. The lowest BCUT2D eigenvalue weighted by atomic mass is 10.0. The lowest BCUT2D eigenvalue weighted by Crippen LogP contribution is -2.15. The first kappa shape index (κ1) is 9.86. The van der Waals surface area contributed by atoms with E-state index in [1.165, 1.54) is 6.42 Å². The van der Waals surface area contributed by atoms with Crippen molar-refractivity contribution in [1.29, 1.82) is 0 Å². The van der Waals surface area contributed by atoms with Crippen LogP contribution in [-0.2, 0) is 6.42 Å². The number of hydrogen-bond donors (Lipinski definition) is 2. The molecule has 14 heavy (non-hydrogen) atoms. The van der Waals surface area contributed by atoms with E-state index in [-0.39, 0.29) is 5.56 Å². The van der Waals surface area contributed by atoms with Crippen molar-refractivity contribution in [1.82, 2.24) is 15.5 Å². The molecule has 4 nitrogen and oxygen atoms in total. The van der Waals surface area contributed by atoms with Crippen LogP contribution in [0.1, 0.15) is 12.1 Å². The van der Waals surface area contributed by atoms with E-state index in [0.717, 1.165) is 25.2 Å². The van der Waals surface area contributed by atoms with Crippen molar-refractivity contribution in [3.63, 3.8) is 0 Å². The zero-order valence-electron chi connectivity index (χ0n) is 7.72. The average molecular weight is 258 g/mol. The van der Waals surface area contributed by atoms with Gasteiger partial charge in [0.2, 0.25) is 0 Å². The molecule has 0 saturated carbocycles. The molecule has 0 aromatic carbocycles. The fourth-order valence-electron chi connectivity index (χ4n) is 1.71. The van der Waals surface area contributed by atoms with E-state index < -0.39 is 0 Å². The molecule has 0 radical (unpaired) electrons. The van der Waals surface area contributed by atoms with Gasteiger partial charge in [-0.25, -0.2) is 5.10 Å². The summed E-state index contributed by atoms with van der Waals surface area (Å²) in [6.45, 7) is 2.15. The maximum absolute atomic E-state index is 11.0. The summed E-state index contributed by atoms with van der Waals surface area (Å²) < 4.78 is 0.563. The zero-order valence-corrected chi connectivity index (χ0v) is 9.30. The minimum atomic E-state index is -0.168. The quantitative estimate of drug-likeness (QED) is 0.820. The molecule has 1 aromatic heterocycles. The molecule has 1 aromatic rings.